The van der Waals surface area contributed by atoms with E-state index in [0.717, 1.165) is 30.2 Å². The lowest BCUT2D eigenvalue weighted by Gasteiger charge is -2.16. The van der Waals surface area contributed by atoms with Crippen LogP contribution in [-0.2, 0) is 0 Å². The Bertz CT molecular complexity index is 1020. The summed E-state index contributed by atoms with van der Waals surface area (Å²) in [5.41, 5.74) is 2.92. The molecule has 0 aliphatic heterocycles. The predicted molar refractivity (Wildman–Crippen MR) is 115 cm³/mol. The second-order valence-electron chi connectivity index (χ2n) is 6.91. The molecule has 1 saturated carbocycles. The molecule has 0 saturated heterocycles. The van der Waals surface area contributed by atoms with Crippen molar-refractivity contribution in [2.45, 2.75) is 18.9 Å². The minimum absolute atomic E-state index is 0.0813. The number of hydrogen-bond acceptors (Lipinski definition) is 4. The van der Waals surface area contributed by atoms with Crippen molar-refractivity contribution >= 4 is 34.7 Å². The molecule has 3 N–H and O–H groups in total. The first-order valence-corrected chi connectivity index (χ1v) is 10.5. The van der Waals surface area contributed by atoms with Crippen molar-refractivity contribution in [3.8, 4) is 11.1 Å². The minimum Gasteiger partial charge on any atom is -0.381 e. The van der Waals surface area contributed by atoms with E-state index in [1.165, 1.54) is 30.1 Å². The molecule has 150 valence electrons. The standard InChI is InChI=1S/C22H20F3N3S/c1-29-28-16-5-2-13(3-6-16)14-4-10-19(18(24)12-14)27-22-20(26-15-7-8-15)11-9-17(23)21(22)25/h2-6,9-12,15,26-28H,7-8H2,1H3. The Kier molecular flexibility index (Phi) is 5.58. The molecule has 0 unspecified atom stereocenters. The lowest BCUT2D eigenvalue weighted by Crippen LogP contribution is -2.07. The molecular weight excluding hydrogens is 395 g/mol. The molecule has 0 amide bonds. The van der Waals surface area contributed by atoms with Crippen LogP contribution in [0.1, 0.15) is 12.8 Å². The van der Waals surface area contributed by atoms with Crippen LogP contribution >= 0.6 is 11.9 Å². The van der Waals surface area contributed by atoms with E-state index in [2.05, 4.69) is 15.4 Å². The van der Waals surface area contributed by atoms with Crippen molar-refractivity contribution in [3.05, 3.63) is 72.0 Å². The van der Waals surface area contributed by atoms with E-state index >= 15 is 0 Å². The molecule has 1 aliphatic carbocycles. The van der Waals surface area contributed by atoms with Gasteiger partial charge in [0.05, 0.1) is 11.4 Å². The maximum absolute atomic E-state index is 14.7. The fraction of sp³-hybridized carbons (Fsp3) is 0.182. The Morgan fingerprint density at radius 3 is 2.17 bits per heavy atom. The molecule has 0 radical (unpaired) electrons. The van der Waals surface area contributed by atoms with Gasteiger partial charge in [-0.15, -0.1) is 0 Å². The summed E-state index contributed by atoms with van der Waals surface area (Å²) < 4.78 is 46.0. The smallest absolute Gasteiger partial charge is 0.184 e. The average Bonchev–Trinajstić information content (AvgIpc) is 3.54. The van der Waals surface area contributed by atoms with Gasteiger partial charge in [-0.25, -0.2) is 13.2 Å². The normalized spacial score (nSPS) is 13.2. The zero-order valence-corrected chi connectivity index (χ0v) is 16.5. The van der Waals surface area contributed by atoms with Crippen LogP contribution < -0.4 is 15.4 Å². The van der Waals surface area contributed by atoms with Crippen molar-refractivity contribution in [3.63, 3.8) is 0 Å². The zero-order chi connectivity index (χ0) is 20.4. The monoisotopic (exact) mass is 415 g/mol. The van der Waals surface area contributed by atoms with Gasteiger partial charge in [0, 0.05) is 18.0 Å². The van der Waals surface area contributed by atoms with Crippen LogP contribution in [0, 0.1) is 17.5 Å². The highest BCUT2D eigenvalue weighted by Gasteiger charge is 2.24. The lowest BCUT2D eigenvalue weighted by molar-refractivity contribution is 0.512. The van der Waals surface area contributed by atoms with Crippen LogP contribution in [0.25, 0.3) is 11.1 Å². The van der Waals surface area contributed by atoms with Gasteiger partial charge in [-0.2, -0.15) is 0 Å². The number of nitrogens with one attached hydrogen (secondary N) is 3. The highest BCUT2D eigenvalue weighted by molar-refractivity contribution is 7.99. The summed E-state index contributed by atoms with van der Waals surface area (Å²) in [5.74, 6) is -2.56. The number of halogens is 3. The van der Waals surface area contributed by atoms with E-state index in [1.54, 1.807) is 6.07 Å². The quantitative estimate of drug-likeness (QED) is 0.372. The third-order valence-electron chi connectivity index (χ3n) is 4.70. The van der Waals surface area contributed by atoms with Crippen LogP contribution in [0.3, 0.4) is 0 Å². The molecule has 0 heterocycles. The van der Waals surface area contributed by atoms with E-state index in [4.69, 9.17) is 0 Å². The Morgan fingerprint density at radius 2 is 1.52 bits per heavy atom. The van der Waals surface area contributed by atoms with E-state index in [9.17, 15) is 13.2 Å². The summed E-state index contributed by atoms with van der Waals surface area (Å²) in [4.78, 5) is 0. The summed E-state index contributed by atoms with van der Waals surface area (Å²) in [6, 6.07) is 15.0. The molecule has 0 aromatic heterocycles. The predicted octanol–water partition coefficient (Wildman–Crippen LogP) is 6.78. The van der Waals surface area contributed by atoms with Crippen LogP contribution in [0.5, 0.6) is 0 Å². The first kappa shape index (κ1) is 19.5. The van der Waals surface area contributed by atoms with Crippen LogP contribution in [0.4, 0.5) is 35.9 Å². The first-order chi connectivity index (χ1) is 14.0. The minimum atomic E-state index is -1.03. The van der Waals surface area contributed by atoms with Crippen molar-refractivity contribution in [2.75, 3.05) is 21.6 Å². The van der Waals surface area contributed by atoms with Gasteiger partial charge >= 0.3 is 0 Å². The molecule has 3 nitrogen and oxygen atoms in total. The summed E-state index contributed by atoms with van der Waals surface area (Å²) in [6.07, 6.45) is 3.89. The average molecular weight is 415 g/mol. The SMILES string of the molecule is CSNc1ccc(-c2ccc(Nc3c(NC4CC4)ccc(F)c3F)c(F)c2)cc1. The number of hydrogen-bond donors (Lipinski definition) is 3. The fourth-order valence-electron chi connectivity index (χ4n) is 3.02. The Labute approximate surface area is 171 Å². The molecule has 4 rings (SSSR count). The molecule has 0 spiro atoms. The molecule has 1 fully saturated rings. The second-order valence-corrected chi connectivity index (χ2v) is 7.52. The second kappa shape index (κ2) is 8.29. The summed E-state index contributed by atoms with van der Waals surface area (Å²) in [5, 5.41) is 5.87. The molecule has 3 aromatic rings. The van der Waals surface area contributed by atoms with Gasteiger partial charge in [0.1, 0.15) is 11.5 Å². The molecule has 29 heavy (non-hydrogen) atoms. The summed E-state index contributed by atoms with van der Waals surface area (Å²) in [6.45, 7) is 0. The van der Waals surface area contributed by atoms with Gasteiger partial charge < -0.3 is 15.4 Å². The molecule has 0 atom stereocenters. The number of rotatable bonds is 7. The topological polar surface area (TPSA) is 36.1 Å². The van der Waals surface area contributed by atoms with Gasteiger partial charge in [0.2, 0.25) is 0 Å². The maximum Gasteiger partial charge on any atom is 0.184 e. The van der Waals surface area contributed by atoms with Crippen LogP contribution in [-0.4, -0.2) is 12.3 Å². The lowest BCUT2D eigenvalue weighted by atomic mass is 10.0. The van der Waals surface area contributed by atoms with Crippen molar-refractivity contribution in [1.82, 2.24) is 0 Å². The summed E-state index contributed by atoms with van der Waals surface area (Å²) in [7, 11) is 0. The molecule has 7 heteroatoms. The highest BCUT2D eigenvalue weighted by atomic mass is 32.2. The van der Waals surface area contributed by atoms with Crippen molar-refractivity contribution in [1.29, 1.82) is 0 Å². The third kappa shape index (κ3) is 4.45. The molecular formula is C22H20F3N3S. The van der Waals surface area contributed by atoms with Gasteiger partial charge in [-0.3, -0.25) is 0 Å². The fourth-order valence-corrected chi connectivity index (χ4v) is 3.39. The third-order valence-corrected chi connectivity index (χ3v) is 5.14. The zero-order valence-electron chi connectivity index (χ0n) is 15.7. The maximum atomic E-state index is 14.7. The Hall–Kier alpha value is -2.80. The number of benzene rings is 3. The number of anilines is 4. The molecule has 0 bridgehead atoms. The van der Waals surface area contributed by atoms with Gasteiger partial charge in [0.25, 0.3) is 0 Å². The first-order valence-electron chi connectivity index (χ1n) is 9.25. The van der Waals surface area contributed by atoms with Gasteiger partial charge in [-0.1, -0.05) is 30.1 Å². The van der Waals surface area contributed by atoms with Crippen molar-refractivity contribution in [2.24, 2.45) is 0 Å². The Balaban J connectivity index is 1.60. The van der Waals surface area contributed by atoms with Crippen molar-refractivity contribution < 1.29 is 13.2 Å². The van der Waals surface area contributed by atoms with E-state index in [0.29, 0.717) is 11.3 Å². The highest BCUT2D eigenvalue weighted by Crippen LogP contribution is 2.35. The van der Waals surface area contributed by atoms with E-state index in [1.807, 2.05) is 30.5 Å². The van der Waals surface area contributed by atoms with Gasteiger partial charge in [0.15, 0.2) is 11.6 Å². The molecule has 3 aromatic carbocycles. The van der Waals surface area contributed by atoms with Gasteiger partial charge in [-0.05, 0) is 60.4 Å². The Morgan fingerprint density at radius 1 is 0.828 bits per heavy atom. The van der Waals surface area contributed by atoms with E-state index in [-0.39, 0.29) is 17.4 Å². The van der Waals surface area contributed by atoms with Crippen LogP contribution in [0.15, 0.2) is 54.6 Å². The van der Waals surface area contributed by atoms with Crippen LogP contribution in [0.2, 0.25) is 0 Å². The largest absolute Gasteiger partial charge is 0.381 e. The summed E-state index contributed by atoms with van der Waals surface area (Å²) >= 11 is 1.49. The molecule has 1 aliphatic rings. The van der Waals surface area contributed by atoms with E-state index < -0.39 is 17.5 Å².